The molecule has 2 heteroatoms. The zero-order valence-electron chi connectivity index (χ0n) is 9.53. The number of nitrogens with two attached hydrogens (primary N) is 1. The SMILES string of the molecule is C=C(NCc1ccccc1)[C@@H](N)C(C)C. The molecule has 0 amide bonds. The zero-order chi connectivity index (χ0) is 11.3. The Morgan fingerprint density at radius 1 is 1.33 bits per heavy atom. The summed E-state index contributed by atoms with van der Waals surface area (Å²) in [6.45, 7) is 8.94. The normalized spacial score (nSPS) is 12.5. The van der Waals surface area contributed by atoms with Crippen LogP contribution in [0, 0.1) is 5.92 Å². The van der Waals surface area contributed by atoms with Crippen LogP contribution in [0.4, 0.5) is 0 Å². The lowest BCUT2D eigenvalue weighted by Gasteiger charge is -2.20. The molecule has 0 aliphatic carbocycles. The average molecular weight is 204 g/mol. The van der Waals surface area contributed by atoms with Crippen LogP contribution in [-0.4, -0.2) is 6.04 Å². The van der Waals surface area contributed by atoms with Crippen molar-refractivity contribution in [3.8, 4) is 0 Å². The summed E-state index contributed by atoms with van der Waals surface area (Å²) < 4.78 is 0. The summed E-state index contributed by atoms with van der Waals surface area (Å²) in [5, 5.41) is 3.26. The van der Waals surface area contributed by atoms with Gasteiger partial charge in [-0.25, -0.2) is 0 Å². The molecular formula is C13H20N2. The summed E-state index contributed by atoms with van der Waals surface area (Å²) in [7, 11) is 0. The Morgan fingerprint density at radius 3 is 2.47 bits per heavy atom. The highest BCUT2D eigenvalue weighted by molar-refractivity contribution is 5.16. The Kier molecular flexibility index (Phi) is 4.37. The Balaban J connectivity index is 2.41. The maximum atomic E-state index is 5.96. The highest BCUT2D eigenvalue weighted by atomic mass is 14.9. The van der Waals surface area contributed by atoms with Gasteiger partial charge in [0.25, 0.3) is 0 Å². The van der Waals surface area contributed by atoms with Crippen LogP contribution in [0.2, 0.25) is 0 Å². The lowest BCUT2D eigenvalue weighted by molar-refractivity contribution is 0.518. The Labute approximate surface area is 92.2 Å². The van der Waals surface area contributed by atoms with Gasteiger partial charge in [-0.15, -0.1) is 0 Å². The van der Waals surface area contributed by atoms with Gasteiger partial charge in [0.15, 0.2) is 0 Å². The third-order valence-electron chi connectivity index (χ3n) is 2.48. The molecule has 0 heterocycles. The van der Waals surface area contributed by atoms with Crippen LogP contribution >= 0.6 is 0 Å². The molecule has 1 aromatic carbocycles. The quantitative estimate of drug-likeness (QED) is 0.772. The van der Waals surface area contributed by atoms with Crippen molar-refractivity contribution in [2.75, 3.05) is 0 Å². The minimum Gasteiger partial charge on any atom is -0.383 e. The Bertz CT molecular complexity index is 304. The van der Waals surface area contributed by atoms with E-state index in [2.05, 4.69) is 37.9 Å². The number of nitrogens with one attached hydrogen (secondary N) is 1. The van der Waals surface area contributed by atoms with Gasteiger partial charge in [-0.2, -0.15) is 0 Å². The average Bonchev–Trinajstić information content (AvgIpc) is 2.26. The molecule has 0 bridgehead atoms. The molecule has 15 heavy (non-hydrogen) atoms. The van der Waals surface area contributed by atoms with Crippen LogP contribution in [0.15, 0.2) is 42.6 Å². The summed E-state index contributed by atoms with van der Waals surface area (Å²) >= 11 is 0. The summed E-state index contributed by atoms with van der Waals surface area (Å²) in [4.78, 5) is 0. The molecule has 0 aliphatic heterocycles. The Morgan fingerprint density at radius 2 is 1.93 bits per heavy atom. The number of hydrogen-bond acceptors (Lipinski definition) is 2. The molecule has 1 aromatic rings. The van der Waals surface area contributed by atoms with E-state index in [-0.39, 0.29) is 6.04 Å². The zero-order valence-corrected chi connectivity index (χ0v) is 9.53. The molecule has 0 fully saturated rings. The molecule has 1 rings (SSSR count). The van der Waals surface area contributed by atoms with E-state index in [1.807, 2.05) is 18.2 Å². The molecule has 0 aromatic heterocycles. The van der Waals surface area contributed by atoms with Crippen molar-refractivity contribution in [2.24, 2.45) is 11.7 Å². The van der Waals surface area contributed by atoms with E-state index >= 15 is 0 Å². The number of rotatable bonds is 5. The van der Waals surface area contributed by atoms with Crippen molar-refractivity contribution in [3.63, 3.8) is 0 Å². The molecule has 82 valence electrons. The largest absolute Gasteiger partial charge is 0.383 e. The van der Waals surface area contributed by atoms with E-state index in [0.717, 1.165) is 12.2 Å². The second-order valence-corrected chi connectivity index (χ2v) is 4.13. The molecule has 3 N–H and O–H groups in total. The third kappa shape index (κ3) is 3.76. The van der Waals surface area contributed by atoms with E-state index in [0.29, 0.717) is 5.92 Å². The molecule has 0 saturated carbocycles. The second-order valence-electron chi connectivity index (χ2n) is 4.13. The number of benzene rings is 1. The van der Waals surface area contributed by atoms with Gasteiger partial charge in [0, 0.05) is 18.3 Å². The maximum Gasteiger partial charge on any atom is 0.0461 e. The van der Waals surface area contributed by atoms with E-state index in [1.165, 1.54) is 5.56 Å². The van der Waals surface area contributed by atoms with Crippen LogP contribution in [0.5, 0.6) is 0 Å². The van der Waals surface area contributed by atoms with Crippen LogP contribution in [0.3, 0.4) is 0 Å². The van der Waals surface area contributed by atoms with Crippen molar-refractivity contribution in [3.05, 3.63) is 48.2 Å². The van der Waals surface area contributed by atoms with Crippen molar-refractivity contribution >= 4 is 0 Å². The Hall–Kier alpha value is -1.28. The topological polar surface area (TPSA) is 38.0 Å². The highest BCUT2D eigenvalue weighted by Gasteiger charge is 2.10. The predicted octanol–water partition coefficient (Wildman–Crippen LogP) is 2.27. The van der Waals surface area contributed by atoms with E-state index < -0.39 is 0 Å². The first-order valence-corrected chi connectivity index (χ1v) is 5.33. The van der Waals surface area contributed by atoms with Gasteiger partial charge in [0.1, 0.15) is 0 Å². The van der Waals surface area contributed by atoms with Crippen molar-refractivity contribution in [1.29, 1.82) is 0 Å². The van der Waals surface area contributed by atoms with Crippen molar-refractivity contribution in [1.82, 2.24) is 5.32 Å². The molecule has 0 spiro atoms. The predicted molar refractivity (Wildman–Crippen MR) is 65.2 cm³/mol. The summed E-state index contributed by atoms with van der Waals surface area (Å²) in [5.41, 5.74) is 8.12. The molecule has 2 nitrogen and oxygen atoms in total. The lowest BCUT2D eigenvalue weighted by Crippen LogP contribution is -2.34. The van der Waals surface area contributed by atoms with E-state index in [9.17, 15) is 0 Å². The van der Waals surface area contributed by atoms with Gasteiger partial charge >= 0.3 is 0 Å². The molecule has 0 aliphatic rings. The smallest absolute Gasteiger partial charge is 0.0461 e. The van der Waals surface area contributed by atoms with Gasteiger partial charge in [-0.1, -0.05) is 50.8 Å². The van der Waals surface area contributed by atoms with Crippen LogP contribution in [-0.2, 0) is 6.54 Å². The molecule has 0 radical (unpaired) electrons. The van der Waals surface area contributed by atoms with Gasteiger partial charge in [0.2, 0.25) is 0 Å². The molecule has 0 saturated heterocycles. The second kappa shape index (κ2) is 5.56. The molecule has 0 unspecified atom stereocenters. The van der Waals surface area contributed by atoms with Gasteiger partial charge in [0.05, 0.1) is 0 Å². The minimum atomic E-state index is 0.0220. The van der Waals surface area contributed by atoms with Crippen LogP contribution in [0.25, 0.3) is 0 Å². The van der Waals surface area contributed by atoms with Gasteiger partial charge < -0.3 is 11.1 Å². The monoisotopic (exact) mass is 204 g/mol. The van der Waals surface area contributed by atoms with Crippen LogP contribution in [0.1, 0.15) is 19.4 Å². The standard InChI is InChI=1S/C13H20N2/c1-10(2)13(14)11(3)15-9-12-7-5-4-6-8-12/h4-8,10,13,15H,3,9,14H2,1-2H3/t13-/m0/s1. The maximum absolute atomic E-state index is 5.96. The van der Waals surface area contributed by atoms with E-state index in [4.69, 9.17) is 5.73 Å². The van der Waals surface area contributed by atoms with Gasteiger partial charge in [-0.05, 0) is 11.5 Å². The molecular weight excluding hydrogens is 184 g/mol. The summed E-state index contributed by atoms with van der Waals surface area (Å²) in [6.07, 6.45) is 0. The van der Waals surface area contributed by atoms with Crippen LogP contribution < -0.4 is 11.1 Å². The fourth-order valence-electron chi connectivity index (χ4n) is 1.33. The van der Waals surface area contributed by atoms with Crippen molar-refractivity contribution < 1.29 is 0 Å². The first-order chi connectivity index (χ1) is 7.11. The van der Waals surface area contributed by atoms with Crippen molar-refractivity contribution in [2.45, 2.75) is 26.4 Å². The summed E-state index contributed by atoms with van der Waals surface area (Å²) in [5.74, 6) is 0.417. The van der Waals surface area contributed by atoms with E-state index in [1.54, 1.807) is 0 Å². The number of hydrogen-bond donors (Lipinski definition) is 2. The fraction of sp³-hybridized carbons (Fsp3) is 0.385. The fourth-order valence-corrected chi connectivity index (χ4v) is 1.33. The minimum absolute atomic E-state index is 0.0220. The lowest BCUT2D eigenvalue weighted by atomic mass is 10.0. The third-order valence-corrected chi connectivity index (χ3v) is 2.48. The summed E-state index contributed by atoms with van der Waals surface area (Å²) in [6, 6.07) is 10.3. The molecule has 1 atom stereocenters. The highest BCUT2D eigenvalue weighted by Crippen LogP contribution is 2.06. The first-order valence-electron chi connectivity index (χ1n) is 5.33. The van der Waals surface area contributed by atoms with Gasteiger partial charge in [-0.3, -0.25) is 0 Å². The first kappa shape index (κ1) is 11.8.